The van der Waals surface area contributed by atoms with Crippen molar-refractivity contribution in [3.63, 3.8) is 0 Å². The smallest absolute Gasteiger partial charge is 0.228 e. The first-order valence-electron chi connectivity index (χ1n) is 6.47. The highest BCUT2D eigenvalue weighted by Crippen LogP contribution is 2.58. The van der Waals surface area contributed by atoms with Crippen LogP contribution in [0.25, 0.3) is 0 Å². The number of anilines is 1. The number of nitrogens with one attached hydrogen (secondary N) is 2. The van der Waals surface area contributed by atoms with Crippen molar-refractivity contribution in [1.82, 2.24) is 5.32 Å². The maximum absolute atomic E-state index is 13.0. The normalized spacial score (nSPS) is 24.8. The molecule has 96 valence electrons. The van der Waals surface area contributed by atoms with E-state index in [1.807, 2.05) is 0 Å². The second-order valence-electron chi connectivity index (χ2n) is 5.37. The molecule has 0 unspecified atom stereocenters. The lowest BCUT2D eigenvalue weighted by Crippen LogP contribution is -2.31. The van der Waals surface area contributed by atoms with E-state index < -0.39 is 0 Å². The minimum atomic E-state index is -0.319. The van der Waals surface area contributed by atoms with Gasteiger partial charge in [0, 0.05) is 11.6 Å². The van der Waals surface area contributed by atoms with E-state index in [0.717, 1.165) is 32.4 Å². The van der Waals surface area contributed by atoms with E-state index in [1.165, 1.54) is 12.1 Å². The van der Waals surface area contributed by atoms with Crippen molar-refractivity contribution in [2.45, 2.75) is 19.3 Å². The molecule has 3 nitrogen and oxygen atoms in total. The van der Waals surface area contributed by atoms with Gasteiger partial charge in [-0.1, -0.05) is 6.07 Å². The Hall–Kier alpha value is -1.42. The van der Waals surface area contributed by atoms with E-state index in [2.05, 4.69) is 10.6 Å². The average molecular weight is 248 g/mol. The van der Waals surface area contributed by atoms with Gasteiger partial charge >= 0.3 is 0 Å². The minimum Gasteiger partial charge on any atom is -0.326 e. The Morgan fingerprint density at radius 1 is 1.39 bits per heavy atom. The molecular weight excluding hydrogens is 231 g/mol. The van der Waals surface area contributed by atoms with Crippen LogP contribution in [-0.2, 0) is 4.79 Å². The van der Waals surface area contributed by atoms with Crippen LogP contribution in [0.1, 0.15) is 19.3 Å². The second-order valence-corrected chi connectivity index (χ2v) is 5.37. The third kappa shape index (κ3) is 2.12. The van der Waals surface area contributed by atoms with Gasteiger partial charge in [-0.15, -0.1) is 0 Å². The number of carbonyl (C=O) groups excluding carboxylic acids is 1. The molecule has 18 heavy (non-hydrogen) atoms. The second kappa shape index (κ2) is 4.35. The zero-order valence-corrected chi connectivity index (χ0v) is 10.2. The lowest BCUT2D eigenvalue weighted by Gasteiger charge is -2.23. The molecule has 2 aliphatic rings. The summed E-state index contributed by atoms with van der Waals surface area (Å²) in [6, 6.07) is 6.06. The molecule has 0 aromatic heterocycles. The highest BCUT2D eigenvalue weighted by atomic mass is 19.1. The first-order chi connectivity index (χ1) is 8.70. The van der Waals surface area contributed by atoms with Gasteiger partial charge in [0.2, 0.25) is 5.91 Å². The van der Waals surface area contributed by atoms with Crippen molar-refractivity contribution in [3.05, 3.63) is 30.1 Å². The molecule has 1 atom stereocenters. The summed E-state index contributed by atoms with van der Waals surface area (Å²) in [6.45, 7) is 2.01. The molecule has 0 bridgehead atoms. The Morgan fingerprint density at radius 2 is 2.17 bits per heavy atom. The van der Waals surface area contributed by atoms with Crippen LogP contribution in [0.4, 0.5) is 10.1 Å². The molecular formula is C14H17FN2O. The van der Waals surface area contributed by atoms with Crippen molar-refractivity contribution in [2.75, 3.05) is 18.4 Å². The topological polar surface area (TPSA) is 41.1 Å². The van der Waals surface area contributed by atoms with E-state index in [9.17, 15) is 9.18 Å². The van der Waals surface area contributed by atoms with E-state index in [-0.39, 0.29) is 23.1 Å². The van der Waals surface area contributed by atoms with Crippen molar-refractivity contribution in [2.24, 2.45) is 11.3 Å². The van der Waals surface area contributed by atoms with Crippen LogP contribution < -0.4 is 10.6 Å². The summed E-state index contributed by atoms with van der Waals surface area (Å²) in [5.41, 5.74) is 0.777. The van der Waals surface area contributed by atoms with E-state index in [0.29, 0.717) is 5.69 Å². The SMILES string of the molecule is O=C(Nc1cccc(F)c1)[C@@H]1CC12CCNCC2. The number of hydrogen-bond acceptors (Lipinski definition) is 2. The summed E-state index contributed by atoms with van der Waals surface area (Å²) in [6.07, 6.45) is 3.14. The minimum absolute atomic E-state index is 0.0440. The van der Waals surface area contributed by atoms with Crippen molar-refractivity contribution in [1.29, 1.82) is 0 Å². The third-order valence-electron chi connectivity index (χ3n) is 4.20. The Balaban J connectivity index is 1.63. The van der Waals surface area contributed by atoms with Crippen LogP contribution in [-0.4, -0.2) is 19.0 Å². The number of piperidine rings is 1. The number of hydrogen-bond donors (Lipinski definition) is 2. The van der Waals surface area contributed by atoms with Crippen molar-refractivity contribution in [3.8, 4) is 0 Å². The van der Waals surface area contributed by atoms with Gasteiger partial charge in [0.1, 0.15) is 5.82 Å². The molecule has 0 radical (unpaired) electrons. The molecule has 1 aromatic carbocycles. The van der Waals surface area contributed by atoms with Gasteiger partial charge in [-0.05, 0) is 56.0 Å². The maximum Gasteiger partial charge on any atom is 0.228 e. The Morgan fingerprint density at radius 3 is 2.89 bits per heavy atom. The summed E-state index contributed by atoms with van der Waals surface area (Å²) >= 11 is 0. The summed E-state index contributed by atoms with van der Waals surface area (Å²) in [5, 5.41) is 6.13. The third-order valence-corrected chi connectivity index (χ3v) is 4.20. The van der Waals surface area contributed by atoms with Crippen LogP contribution in [0.2, 0.25) is 0 Å². The summed E-state index contributed by atoms with van der Waals surface area (Å²) in [4.78, 5) is 12.1. The monoisotopic (exact) mass is 248 g/mol. The largest absolute Gasteiger partial charge is 0.326 e. The highest BCUT2D eigenvalue weighted by Gasteiger charge is 2.57. The van der Waals surface area contributed by atoms with Crippen LogP contribution in [0, 0.1) is 17.2 Å². The first-order valence-corrected chi connectivity index (χ1v) is 6.47. The standard InChI is InChI=1S/C14H17FN2O/c15-10-2-1-3-11(8-10)17-13(18)12-9-14(12)4-6-16-7-5-14/h1-3,8,12,16H,4-7,9H2,(H,17,18)/t12-/m0/s1. The number of halogens is 1. The molecule has 1 aliphatic heterocycles. The average Bonchev–Trinajstić information content (AvgIpc) is 3.04. The molecule has 1 amide bonds. The van der Waals surface area contributed by atoms with Crippen LogP contribution in [0.3, 0.4) is 0 Å². The predicted octanol–water partition coefficient (Wildman–Crippen LogP) is 2.15. The number of rotatable bonds is 2. The number of carbonyl (C=O) groups is 1. The zero-order chi connectivity index (χ0) is 12.6. The Bertz CT molecular complexity index is 469. The number of benzene rings is 1. The fourth-order valence-electron chi connectivity index (χ4n) is 2.99. The van der Waals surface area contributed by atoms with Crippen molar-refractivity contribution < 1.29 is 9.18 Å². The molecule has 1 heterocycles. The summed E-state index contributed by atoms with van der Waals surface area (Å²) in [7, 11) is 0. The summed E-state index contributed by atoms with van der Waals surface area (Å²) < 4.78 is 13.0. The zero-order valence-electron chi connectivity index (χ0n) is 10.2. The Labute approximate surface area is 106 Å². The van der Waals surface area contributed by atoms with E-state index in [1.54, 1.807) is 12.1 Å². The number of amides is 1. The van der Waals surface area contributed by atoms with Gasteiger partial charge in [0.25, 0.3) is 0 Å². The fraction of sp³-hybridized carbons (Fsp3) is 0.500. The molecule has 2 N–H and O–H groups in total. The quantitative estimate of drug-likeness (QED) is 0.842. The first kappa shape index (κ1) is 11.7. The van der Waals surface area contributed by atoms with Gasteiger partial charge in [-0.25, -0.2) is 4.39 Å². The highest BCUT2D eigenvalue weighted by molar-refractivity contribution is 5.95. The fourth-order valence-corrected chi connectivity index (χ4v) is 2.99. The van der Waals surface area contributed by atoms with Crippen LogP contribution >= 0.6 is 0 Å². The van der Waals surface area contributed by atoms with Gasteiger partial charge in [0.15, 0.2) is 0 Å². The molecule has 1 spiro atoms. The summed E-state index contributed by atoms with van der Waals surface area (Å²) in [5.74, 6) is -0.162. The van der Waals surface area contributed by atoms with E-state index in [4.69, 9.17) is 0 Å². The van der Waals surface area contributed by atoms with Crippen molar-refractivity contribution >= 4 is 11.6 Å². The van der Waals surface area contributed by atoms with Crippen LogP contribution in [0.5, 0.6) is 0 Å². The Kier molecular flexibility index (Phi) is 2.82. The molecule has 1 saturated heterocycles. The van der Waals surface area contributed by atoms with Gasteiger partial charge in [0.05, 0.1) is 0 Å². The lowest BCUT2D eigenvalue weighted by atomic mass is 9.92. The molecule has 1 aliphatic carbocycles. The predicted molar refractivity (Wildman–Crippen MR) is 67.7 cm³/mol. The van der Waals surface area contributed by atoms with E-state index >= 15 is 0 Å². The van der Waals surface area contributed by atoms with Gasteiger partial charge in [-0.2, -0.15) is 0 Å². The molecule has 1 saturated carbocycles. The van der Waals surface area contributed by atoms with Gasteiger partial charge in [-0.3, -0.25) is 4.79 Å². The maximum atomic E-state index is 13.0. The molecule has 1 aromatic rings. The molecule has 2 fully saturated rings. The molecule has 3 rings (SSSR count). The van der Waals surface area contributed by atoms with Crippen LogP contribution in [0.15, 0.2) is 24.3 Å². The lowest BCUT2D eigenvalue weighted by molar-refractivity contribution is -0.118. The molecule has 4 heteroatoms. The van der Waals surface area contributed by atoms with Gasteiger partial charge < -0.3 is 10.6 Å².